The van der Waals surface area contributed by atoms with Gasteiger partial charge in [0.1, 0.15) is 12.4 Å². The molecule has 0 aromatic heterocycles. The van der Waals surface area contributed by atoms with Crippen LogP contribution in [0.15, 0.2) is 66.7 Å². The second kappa shape index (κ2) is 9.00. The Morgan fingerprint density at radius 1 is 0.968 bits per heavy atom. The summed E-state index contributed by atoms with van der Waals surface area (Å²) in [5, 5.41) is 9.08. The van der Waals surface area contributed by atoms with Crippen LogP contribution in [-0.4, -0.2) is 28.6 Å². The Balaban J connectivity index is 1.57. The fourth-order valence-corrected chi connectivity index (χ4v) is 3.89. The summed E-state index contributed by atoms with van der Waals surface area (Å²) in [6.07, 6.45) is -0.135. The zero-order valence-corrected chi connectivity index (χ0v) is 16.9. The molecule has 31 heavy (non-hydrogen) atoms. The molecule has 5 nitrogen and oxygen atoms in total. The SMILES string of the molecule is O=C(O)Cc1cccc(-c2ccc(F)c3c2CN(C(=O)OCc2ccccc2)CC3)c1. The number of amides is 1. The highest BCUT2D eigenvalue weighted by atomic mass is 19.1. The van der Waals surface area contributed by atoms with E-state index in [0.717, 1.165) is 22.3 Å². The minimum atomic E-state index is -0.911. The van der Waals surface area contributed by atoms with Gasteiger partial charge in [0, 0.05) is 13.1 Å². The summed E-state index contributed by atoms with van der Waals surface area (Å²) in [5.41, 5.74) is 4.48. The number of carbonyl (C=O) groups excluding carboxylic acids is 1. The van der Waals surface area contributed by atoms with Gasteiger partial charge in [0.2, 0.25) is 0 Å². The summed E-state index contributed by atoms with van der Waals surface area (Å²) in [6.45, 7) is 0.787. The molecule has 4 rings (SSSR count). The molecule has 1 aliphatic rings. The van der Waals surface area contributed by atoms with E-state index in [1.54, 1.807) is 29.2 Å². The first-order valence-electron chi connectivity index (χ1n) is 10.1. The minimum absolute atomic E-state index is 0.0881. The maximum Gasteiger partial charge on any atom is 0.410 e. The van der Waals surface area contributed by atoms with Crippen LogP contribution in [-0.2, 0) is 35.5 Å². The van der Waals surface area contributed by atoms with Gasteiger partial charge in [-0.05, 0) is 45.9 Å². The van der Waals surface area contributed by atoms with Gasteiger partial charge in [0.25, 0.3) is 0 Å². The first kappa shape index (κ1) is 20.6. The molecule has 0 fully saturated rings. The standard InChI is InChI=1S/C25H22FNO4/c26-23-10-9-20(19-8-4-7-18(13-19)14-24(28)29)22-15-27(12-11-21(22)23)25(30)31-16-17-5-2-1-3-6-17/h1-10,13H,11-12,14-16H2,(H,28,29). The molecule has 1 aliphatic heterocycles. The van der Waals surface area contributed by atoms with Crippen molar-refractivity contribution in [2.45, 2.75) is 26.0 Å². The van der Waals surface area contributed by atoms with E-state index in [-0.39, 0.29) is 25.4 Å². The van der Waals surface area contributed by atoms with Crippen LogP contribution in [0.3, 0.4) is 0 Å². The number of rotatable bonds is 5. The van der Waals surface area contributed by atoms with Gasteiger partial charge in [-0.15, -0.1) is 0 Å². The van der Waals surface area contributed by atoms with Crippen molar-refractivity contribution in [3.05, 3.63) is 94.8 Å². The number of ether oxygens (including phenoxy) is 1. The van der Waals surface area contributed by atoms with Crippen LogP contribution in [0.5, 0.6) is 0 Å². The largest absolute Gasteiger partial charge is 0.481 e. The Bertz CT molecular complexity index is 1110. The molecule has 0 saturated carbocycles. The maximum atomic E-state index is 14.5. The molecule has 6 heteroatoms. The zero-order valence-electron chi connectivity index (χ0n) is 16.9. The van der Waals surface area contributed by atoms with E-state index in [4.69, 9.17) is 9.84 Å². The average Bonchev–Trinajstić information content (AvgIpc) is 2.78. The highest BCUT2D eigenvalue weighted by Gasteiger charge is 2.26. The molecular weight excluding hydrogens is 397 g/mol. The molecular formula is C25H22FNO4. The van der Waals surface area contributed by atoms with Gasteiger partial charge in [0.15, 0.2) is 0 Å². The third-order valence-electron chi connectivity index (χ3n) is 5.41. The van der Waals surface area contributed by atoms with Crippen molar-refractivity contribution >= 4 is 12.1 Å². The molecule has 1 amide bonds. The molecule has 1 heterocycles. The highest BCUT2D eigenvalue weighted by Crippen LogP contribution is 2.33. The van der Waals surface area contributed by atoms with Gasteiger partial charge in [0.05, 0.1) is 6.42 Å². The summed E-state index contributed by atoms with van der Waals surface area (Å²) >= 11 is 0. The number of nitrogens with zero attached hydrogens (tertiary/aromatic N) is 1. The van der Waals surface area contributed by atoms with E-state index < -0.39 is 12.1 Å². The molecule has 0 aliphatic carbocycles. The van der Waals surface area contributed by atoms with Crippen LogP contribution in [0, 0.1) is 5.82 Å². The van der Waals surface area contributed by atoms with E-state index >= 15 is 0 Å². The third kappa shape index (κ3) is 4.74. The summed E-state index contributed by atoms with van der Waals surface area (Å²) in [4.78, 5) is 25.3. The quantitative estimate of drug-likeness (QED) is 0.644. The number of hydrogen-bond acceptors (Lipinski definition) is 3. The van der Waals surface area contributed by atoms with Gasteiger partial charge < -0.3 is 14.7 Å². The van der Waals surface area contributed by atoms with E-state index in [1.807, 2.05) is 36.4 Å². The van der Waals surface area contributed by atoms with Gasteiger partial charge in [-0.3, -0.25) is 4.79 Å². The average molecular weight is 419 g/mol. The second-order valence-electron chi connectivity index (χ2n) is 7.53. The van der Waals surface area contributed by atoms with Crippen molar-refractivity contribution in [3.63, 3.8) is 0 Å². The molecule has 0 bridgehead atoms. The van der Waals surface area contributed by atoms with Crippen molar-refractivity contribution in [2.75, 3.05) is 6.54 Å². The summed E-state index contributed by atoms with van der Waals surface area (Å²) in [7, 11) is 0. The molecule has 1 N–H and O–H groups in total. The first-order valence-corrected chi connectivity index (χ1v) is 10.1. The van der Waals surface area contributed by atoms with E-state index in [9.17, 15) is 14.0 Å². The molecule has 0 spiro atoms. The van der Waals surface area contributed by atoms with Crippen molar-refractivity contribution in [3.8, 4) is 11.1 Å². The van der Waals surface area contributed by atoms with E-state index in [1.165, 1.54) is 6.07 Å². The van der Waals surface area contributed by atoms with Crippen LogP contribution in [0.1, 0.15) is 22.3 Å². The maximum absolute atomic E-state index is 14.5. The van der Waals surface area contributed by atoms with Crippen LogP contribution in [0.25, 0.3) is 11.1 Å². The Kier molecular flexibility index (Phi) is 5.98. The molecule has 0 saturated heterocycles. The number of aliphatic carboxylic acids is 1. The number of hydrogen-bond donors (Lipinski definition) is 1. The summed E-state index contributed by atoms with van der Waals surface area (Å²) in [5.74, 6) is -1.21. The predicted molar refractivity (Wildman–Crippen MR) is 114 cm³/mol. The predicted octanol–water partition coefficient (Wildman–Crippen LogP) is 4.81. The Hall–Kier alpha value is -3.67. The second-order valence-corrected chi connectivity index (χ2v) is 7.53. The normalized spacial score (nSPS) is 12.9. The van der Waals surface area contributed by atoms with Gasteiger partial charge in [-0.1, -0.05) is 60.7 Å². The van der Waals surface area contributed by atoms with Crippen LogP contribution in [0.4, 0.5) is 9.18 Å². The molecule has 0 atom stereocenters. The fraction of sp³-hybridized carbons (Fsp3) is 0.200. The fourth-order valence-electron chi connectivity index (χ4n) is 3.89. The number of benzene rings is 3. The lowest BCUT2D eigenvalue weighted by atomic mass is 9.90. The third-order valence-corrected chi connectivity index (χ3v) is 5.41. The van der Waals surface area contributed by atoms with E-state index in [0.29, 0.717) is 24.1 Å². The molecule has 0 radical (unpaired) electrons. The lowest BCUT2D eigenvalue weighted by Gasteiger charge is -2.30. The van der Waals surface area contributed by atoms with Crippen molar-refractivity contribution in [1.29, 1.82) is 0 Å². The number of carboxylic acid groups (broad SMARTS) is 1. The first-order chi connectivity index (χ1) is 15.0. The lowest BCUT2D eigenvalue weighted by Crippen LogP contribution is -2.37. The lowest BCUT2D eigenvalue weighted by molar-refractivity contribution is -0.136. The van der Waals surface area contributed by atoms with Crippen LogP contribution in [0.2, 0.25) is 0 Å². The van der Waals surface area contributed by atoms with Crippen molar-refractivity contribution in [1.82, 2.24) is 4.90 Å². The van der Waals surface area contributed by atoms with E-state index in [2.05, 4.69) is 0 Å². The Morgan fingerprint density at radius 2 is 1.74 bits per heavy atom. The number of carboxylic acids is 1. The van der Waals surface area contributed by atoms with Crippen LogP contribution < -0.4 is 0 Å². The number of carbonyl (C=O) groups is 2. The Labute approximate surface area is 179 Å². The van der Waals surface area contributed by atoms with Gasteiger partial charge in [-0.25, -0.2) is 9.18 Å². The monoisotopic (exact) mass is 419 g/mol. The topological polar surface area (TPSA) is 66.8 Å². The van der Waals surface area contributed by atoms with Crippen molar-refractivity contribution in [2.24, 2.45) is 0 Å². The number of halogens is 1. The smallest absolute Gasteiger partial charge is 0.410 e. The molecule has 3 aromatic carbocycles. The highest BCUT2D eigenvalue weighted by molar-refractivity contribution is 5.75. The zero-order chi connectivity index (χ0) is 21.8. The van der Waals surface area contributed by atoms with Crippen LogP contribution >= 0.6 is 0 Å². The Morgan fingerprint density at radius 3 is 2.52 bits per heavy atom. The molecule has 3 aromatic rings. The summed E-state index contributed by atoms with van der Waals surface area (Å²) < 4.78 is 20.0. The minimum Gasteiger partial charge on any atom is -0.481 e. The molecule has 158 valence electrons. The van der Waals surface area contributed by atoms with Gasteiger partial charge >= 0.3 is 12.1 Å². The van der Waals surface area contributed by atoms with Gasteiger partial charge in [-0.2, -0.15) is 0 Å². The number of fused-ring (bicyclic) bond motifs is 1. The molecule has 0 unspecified atom stereocenters. The summed E-state index contributed by atoms with van der Waals surface area (Å²) in [6, 6.07) is 19.8. The van der Waals surface area contributed by atoms with Crippen molar-refractivity contribution < 1.29 is 23.8 Å².